The van der Waals surface area contributed by atoms with E-state index in [1.54, 1.807) is 11.9 Å². The van der Waals surface area contributed by atoms with Crippen molar-refractivity contribution in [2.24, 2.45) is 0 Å². The molecule has 2 aliphatic rings. The quantitative estimate of drug-likeness (QED) is 0.508. The molecule has 3 N–H and O–H groups in total. The molecular formula is C13H24N2O6. The van der Waals surface area contributed by atoms with Crippen LogP contribution in [0.5, 0.6) is 0 Å². The van der Waals surface area contributed by atoms with E-state index in [-0.39, 0.29) is 30.1 Å². The van der Waals surface area contributed by atoms with Crippen molar-refractivity contribution in [2.75, 3.05) is 34.4 Å². The van der Waals surface area contributed by atoms with E-state index in [1.165, 1.54) is 14.2 Å². The third kappa shape index (κ3) is 5.24. The molecule has 2 fully saturated rings. The van der Waals surface area contributed by atoms with Crippen molar-refractivity contribution >= 4 is 11.9 Å². The summed E-state index contributed by atoms with van der Waals surface area (Å²) in [5.74, 6) is -0.555. The number of likely N-dealkylation sites (N-methyl/N-ethyl adjacent to an activating group) is 1. The molecule has 0 aromatic rings. The van der Waals surface area contributed by atoms with Crippen LogP contribution >= 0.6 is 0 Å². The molecule has 0 unspecified atom stereocenters. The highest BCUT2D eigenvalue weighted by molar-refractivity contribution is 5.76. The molecule has 4 atom stereocenters. The standard InChI is InChI=1S/C7H13NO3.C6H11NO3/c1-8-4-5(9)3-6(8)7(10)11-2;1-10-6(9)5-2-4(8)3-7-5/h5-6,9H,3-4H2,1-2H3;4-5,7-8H,2-3H2,1H3/t5-,6+;4-,5+/m11/s1. The van der Waals surface area contributed by atoms with Crippen LogP contribution in [-0.2, 0) is 19.1 Å². The maximum absolute atomic E-state index is 11.0. The molecule has 0 amide bonds. The van der Waals surface area contributed by atoms with Crippen LogP contribution in [0.2, 0.25) is 0 Å². The molecule has 0 spiro atoms. The van der Waals surface area contributed by atoms with Crippen molar-refractivity contribution in [3.8, 4) is 0 Å². The number of ether oxygens (including phenoxy) is 2. The fourth-order valence-electron chi connectivity index (χ4n) is 2.42. The van der Waals surface area contributed by atoms with Crippen molar-refractivity contribution in [3.63, 3.8) is 0 Å². The molecule has 8 heteroatoms. The van der Waals surface area contributed by atoms with Gasteiger partial charge in [0, 0.05) is 25.9 Å². The molecule has 2 aliphatic heterocycles. The molecule has 0 bridgehead atoms. The Morgan fingerprint density at radius 2 is 1.71 bits per heavy atom. The van der Waals surface area contributed by atoms with Gasteiger partial charge in [-0.25, -0.2) is 0 Å². The third-order valence-electron chi connectivity index (χ3n) is 3.59. The number of carbonyl (C=O) groups excluding carboxylic acids is 2. The highest BCUT2D eigenvalue weighted by Crippen LogP contribution is 2.16. The average molecular weight is 304 g/mol. The number of hydrogen-bond acceptors (Lipinski definition) is 8. The molecule has 2 heterocycles. The summed E-state index contributed by atoms with van der Waals surface area (Å²) in [7, 11) is 4.51. The van der Waals surface area contributed by atoms with E-state index in [2.05, 4.69) is 14.8 Å². The number of carbonyl (C=O) groups is 2. The monoisotopic (exact) mass is 304 g/mol. The van der Waals surface area contributed by atoms with Crippen LogP contribution in [0.15, 0.2) is 0 Å². The van der Waals surface area contributed by atoms with E-state index in [0.717, 1.165) is 0 Å². The van der Waals surface area contributed by atoms with Crippen LogP contribution in [0.1, 0.15) is 12.8 Å². The van der Waals surface area contributed by atoms with Crippen LogP contribution in [0.3, 0.4) is 0 Å². The molecule has 0 aromatic carbocycles. The Bertz CT molecular complexity index is 365. The predicted molar refractivity (Wildman–Crippen MR) is 73.5 cm³/mol. The second kappa shape index (κ2) is 8.28. The van der Waals surface area contributed by atoms with Crippen LogP contribution < -0.4 is 5.32 Å². The highest BCUT2D eigenvalue weighted by Gasteiger charge is 2.33. The summed E-state index contributed by atoms with van der Waals surface area (Å²) in [5.41, 5.74) is 0. The Labute approximate surface area is 124 Å². The van der Waals surface area contributed by atoms with Gasteiger partial charge in [-0.05, 0) is 7.05 Å². The molecule has 0 aromatic heterocycles. The van der Waals surface area contributed by atoms with Gasteiger partial charge in [0.2, 0.25) is 0 Å². The topological polar surface area (TPSA) is 108 Å². The average Bonchev–Trinajstić information content (AvgIpc) is 3.03. The molecule has 0 radical (unpaired) electrons. The summed E-state index contributed by atoms with van der Waals surface area (Å²) in [6, 6.07) is -0.560. The van der Waals surface area contributed by atoms with E-state index < -0.39 is 6.10 Å². The summed E-state index contributed by atoms with van der Waals surface area (Å²) >= 11 is 0. The second-order valence-corrected chi connectivity index (χ2v) is 5.24. The number of methoxy groups -OCH3 is 2. The van der Waals surface area contributed by atoms with Crippen LogP contribution in [0.25, 0.3) is 0 Å². The smallest absolute Gasteiger partial charge is 0.323 e. The first-order valence-corrected chi connectivity index (χ1v) is 6.84. The third-order valence-corrected chi connectivity index (χ3v) is 3.59. The van der Waals surface area contributed by atoms with Gasteiger partial charge >= 0.3 is 11.9 Å². The maximum atomic E-state index is 11.0. The lowest BCUT2D eigenvalue weighted by Crippen LogP contribution is -2.33. The first-order valence-electron chi connectivity index (χ1n) is 6.84. The number of β-amino-alcohol motifs (C(OH)–C–C–N with tert-alkyl or cyclic N) is 2. The van der Waals surface area contributed by atoms with Gasteiger partial charge < -0.3 is 25.0 Å². The van der Waals surface area contributed by atoms with E-state index in [1.807, 2.05) is 0 Å². The lowest BCUT2D eigenvalue weighted by atomic mass is 10.2. The van der Waals surface area contributed by atoms with Crippen molar-refractivity contribution in [1.82, 2.24) is 10.2 Å². The normalized spacial score (nSPS) is 32.2. The van der Waals surface area contributed by atoms with Gasteiger partial charge in [0.1, 0.15) is 12.1 Å². The molecule has 0 saturated carbocycles. The van der Waals surface area contributed by atoms with Crippen LogP contribution in [0, 0.1) is 0 Å². The fourth-order valence-corrected chi connectivity index (χ4v) is 2.42. The number of aliphatic hydroxyl groups is 2. The van der Waals surface area contributed by atoms with E-state index in [9.17, 15) is 9.59 Å². The first kappa shape index (κ1) is 17.8. The number of rotatable bonds is 2. The van der Waals surface area contributed by atoms with Gasteiger partial charge in [0.05, 0.1) is 26.4 Å². The molecule has 2 saturated heterocycles. The summed E-state index contributed by atoms with van der Waals surface area (Å²) in [5, 5.41) is 21.0. The van der Waals surface area contributed by atoms with Gasteiger partial charge in [-0.15, -0.1) is 0 Å². The van der Waals surface area contributed by atoms with Crippen molar-refractivity contribution < 1.29 is 29.3 Å². The van der Waals surface area contributed by atoms with Gasteiger partial charge in [0.15, 0.2) is 0 Å². The zero-order valence-electron chi connectivity index (χ0n) is 12.6. The molecule has 122 valence electrons. The number of esters is 2. The molecule has 8 nitrogen and oxygen atoms in total. The van der Waals surface area contributed by atoms with Gasteiger partial charge in [-0.1, -0.05) is 0 Å². The fraction of sp³-hybridized carbons (Fsp3) is 0.846. The molecular weight excluding hydrogens is 280 g/mol. The predicted octanol–water partition coefficient (Wildman–Crippen LogP) is -1.89. The first-order chi connectivity index (χ1) is 9.88. The number of nitrogens with one attached hydrogen (secondary N) is 1. The number of likely N-dealkylation sites (tertiary alicyclic amines) is 1. The van der Waals surface area contributed by atoms with E-state index in [0.29, 0.717) is 25.9 Å². The number of aliphatic hydroxyl groups excluding tert-OH is 2. The maximum Gasteiger partial charge on any atom is 0.323 e. The van der Waals surface area contributed by atoms with Gasteiger partial charge in [0.25, 0.3) is 0 Å². The number of hydrogen-bond donors (Lipinski definition) is 3. The summed E-state index contributed by atoms with van der Waals surface area (Å²) < 4.78 is 9.03. The molecule has 0 aliphatic carbocycles. The zero-order chi connectivity index (χ0) is 16.0. The zero-order valence-corrected chi connectivity index (χ0v) is 12.6. The van der Waals surface area contributed by atoms with Crippen molar-refractivity contribution in [1.29, 1.82) is 0 Å². The minimum Gasteiger partial charge on any atom is -0.468 e. The van der Waals surface area contributed by atoms with E-state index in [4.69, 9.17) is 10.2 Å². The Kier molecular flexibility index (Phi) is 7.03. The SMILES string of the molecule is COC(=O)[C@@H]1C[C@@H](O)CN1.COC(=O)[C@@H]1C[C@@H](O)CN1C. The van der Waals surface area contributed by atoms with Crippen LogP contribution in [0.4, 0.5) is 0 Å². The molecule has 21 heavy (non-hydrogen) atoms. The minimum atomic E-state index is -0.399. The Hall–Kier alpha value is -1.22. The Morgan fingerprint density at radius 3 is 2.10 bits per heavy atom. The van der Waals surface area contributed by atoms with E-state index >= 15 is 0 Å². The summed E-state index contributed by atoms with van der Waals surface area (Å²) in [4.78, 5) is 23.6. The van der Waals surface area contributed by atoms with Crippen molar-refractivity contribution in [2.45, 2.75) is 37.1 Å². The summed E-state index contributed by atoms with van der Waals surface area (Å²) in [6.45, 7) is 1.04. The molecule has 2 rings (SSSR count). The Morgan fingerprint density at radius 1 is 1.10 bits per heavy atom. The second-order valence-electron chi connectivity index (χ2n) is 5.24. The number of nitrogens with zero attached hydrogens (tertiary/aromatic N) is 1. The minimum absolute atomic E-state index is 0.255. The largest absolute Gasteiger partial charge is 0.468 e. The van der Waals surface area contributed by atoms with Crippen LogP contribution in [-0.4, -0.2) is 85.7 Å². The Balaban J connectivity index is 0.000000211. The van der Waals surface area contributed by atoms with Gasteiger partial charge in [-0.2, -0.15) is 0 Å². The lowest BCUT2D eigenvalue weighted by molar-refractivity contribution is -0.145. The highest BCUT2D eigenvalue weighted by atomic mass is 16.5. The van der Waals surface area contributed by atoms with Crippen molar-refractivity contribution in [3.05, 3.63) is 0 Å². The lowest BCUT2D eigenvalue weighted by Gasteiger charge is -2.15. The van der Waals surface area contributed by atoms with Gasteiger partial charge in [-0.3, -0.25) is 14.5 Å². The summed E-state index contributed by atoms with van der Waals surface area (Å²) in [6.07, 6.45) is 0.170.